The van der Waals surface area contributed by atoms with Crippen molar-refractivity contribution >= 4 is 23.2 Å². The van der Waals surface area contributed by atoms with Crippen LogP contribution in [0, 0.1) is 0 Å². The third kappa shape index (κ3) is 2.63. The predicted molar refractivity (Wildman–Crippen MR) is 71.8 cm³/mol. The van der Waals surface area contributed by atoms with Crippen LogP contribution in [0.5, 0.6) is 0 Å². The van der Waals surface area contributed by atoms with Gasteiger partial charge >= 0.3 is 0 Å². The minimum Gasteiger partial charge on any atom is -0.326 e. The van der Waals surface area contributed by atoms with Gasteiger partial charge in [0.25, 0.3) is 0 Å². The second kappa shape index (κ2) is 4.69. The summed E-state index contributed by atoms with van der Waals surface area (Å²) in [4.78, 5) is 11.6. The van der Waals surface area contributed by atoms with E-state index < -0.39 is 0 Å². The summed E-state index contributed by atoms with van der Waals surface area (Å²) < 4.78 is 0. The summed E-state index contributed by atoms with van der Waals surface area (Å²) in [5.41, 5.74) is 3.42. The SMILES string of the molecule is CC1(C)CC(=O)Nc2ccc(CCCCl)cc21. The Morgan fingerprint density at radius 1 is 1.41 bits per heavy atom. The Morgan fingerprint density at radius 2 is 2.18 bits per heavy atom. The van der Waals surface area contributed by atoms with Crippen molar-refractivity contribution in [2.45, 2.75) is 38.5 Å². The molecule has 0 atom stereocenters. The van der Waals surface area contributed by atoms with Crippen molar-refractivity contribution in [3.63, 3.8) is 0 Å². The van der Waals surface area contributed by atoms with Gasteiger partial charge in [0.2, 0.25) is 5.91 Å². The molecule has 17 heavy (non-hydrogen) atoms. The molecule has 1 heterocycles. The van der Waals surface area contributed by atoms with Crippen LogP contribution in [0.4, 0.5) is 5.69 Å². The van der Waals surface area contributed by atoms with E-state index in [-0.39, 0.29) is 11.3 Å². The fourth-order valence-corrected chi connectivity index (χ4v) is 2.51. The third-order valence-corrected chi connectivity index (χ3v) is 3.56. The number of carbonyl (C=O) groups is 1. The first-order valence-electron chi connectivity index (χ1n) is 6.02. The molecule has 1 N–H and O–H groups in total. The molecule has 2 nitrogen and oxygen atoms in total. The predicted octanol–water partition coefficient (Wildman–Crippen LogP) is 3.48. The van der Waals surface area contributed by atoms with Gasteiger partial charge in [-0.3, -0.25) is 4.79 Å². The summed E-state index contributed by atoms with van der Waals surface area (Å²) in [6.45, 7) is 4.24. The molecule has 1 aromatic rings. The third-order valence-electron chi connectivity index (χ3n) is 3.29. The lowest BCUT2D eigenvalue weighted by Crippen LogP contribution is -2.32. The van der Waals surface area contributed by atoms with Crippen LogP contribution in [-0.4, -0.2) is 11.8 Å². The molecule has 1 amide bonds. The summed E-state index contributed by atoms with van der Waals surface area (Å²) in [5.74, 6) is 0.799. The molecule has 0 radical (unpaired) electrons. The Kier molecular flexibility index (Phi) is 3.43. The van der Waals surface area contributed by atoms with Crippen molar-refractivity contribution < 1.29 is 4.79 Å². The van der Waals surface area contributed by atoms with E-state index in [1.165, 1.54) is 11.1 Å². The lowest BCUT2D eigenvalue weighted by Gasteiger charge is -2.32. The van der Waals surface area contributed by atoms with Gasteiger partial charge in [-0.25, -0.2) is 0 Å². The first-order valence-corrected chi connectivity index (χ1v) is 6.55. The molecular formula is C14H18ClNO. The second-order valence-electron chi connectivity index (χ2n) is 5.28. The van der Waals surface area contributed by atoms with Crippen LogP contribution in [0.2, 0.25) is 0 Å². The van der Waals surface area contributed by atoms with Gasteiger partial charge in [0, 0.05) is 23.4 Å². The highest BCUT2D eigenvalue weighted by molar-refractivity contribution is 6.17. The summed E-state index contributed by atoms with van der Waals surface area (Å²) >= 11 is 5.71. The number of alkyl halides is 1. The molecule has 0 spiro atoms. The monoisotopic (exact) mass is 251 g/mol. The van der Waals surface area contributed by atoms with E-state index in [2.05, 4.69) is 31.3 Å². The van der Waals surface area contributed by atoms with E-state index >= 15 is 0 Å². The maximum Gasteiger partial charge on any atom is 0.225 e. The Hall–Kier alpha value is -1.02. The number of halogens is 1. The molecule has 1 aliphatic heterocycles. The van der Waals surface area contributed by atoms with Crippen molar-refractivity contribution in [1.29, 1.82) is 0 Å². The van der Waals surface area contributed by atoms with Crippen LogP contribution >= 0.6 is 11.6 Å². The second-order valence-corrected chi connectivity index (χ2v) is 5.66. The molecule has 0 fully saturated rings. The van der Waals surface area contributed by atoms with Crippen LogP contribution in [0.15, 0.2) is 18.2 Å². The number of hydrogen-bond acceptors (Lipinski definition) is 1. The molecular weight excluding hydrogens is 234 g/mol. The molecule has 2 rings (SSSR count). The summed E-state index contributed by atoms with van der Waals surface area (Å²) in [7, 11) is 0. The van der Waals surface area contributed by atoms with Crippen molar-refractivity contribution in [2.24, 2.45) is 0 Å². The number of fused-ring (bicyclic) bond motifs is 1. The van der Waals surface area contributed by atoms with Crippen LogP contribution in [0.3, 0.4) is 0 Å². The largest absolute Gasteiger partial charge is 0.326 e. The lowest BCUT2D eigenvalue weighted by atomic mass is 9.77. The molecule has 3 heteroatoms. The normalized spacial score (nSPS) is 17.5. The minimum atomic E-state index is -0.0748. The van der Waals surface area contributed by atoms with Crippen molar-refractivity contribution in [2.75, 3.05) is 11.2 Å². The molecule has 1 aromatic carbocycles. The molecule has 0 bridgehead atoms. The molecule has 0 unspecified atom stereocenters. The smallest absolute Gasteiger partial charge is 0.225 e. The highest BCUT2D eigenvalue weighted by Crippen LogP contribution is 2.37. The Balaban J connectivity index is 2.33. The first-order chi connectivity index (χ1) is 8.03. The fraction of sp³-hybridized carbons (Fsp3) is 0.500. The fourth-order valence-electron chi connectivity index (χ4n) is 2.38. The number of anilines is 1. The van der Waals surface area contributed by atoms with Crippen molar-refractivity contribution in [1.82, 2.24) is 0 Å². The summed E-state index contributed by atoms with van der Waals surface area (Å²) in [6, 6.07) is 6.30. The van der Waals surface area contributed by atoms with Gasteiger partial charge in [-0.15, -0.1) is 11.6 Å². The van der Waals surface area contributed by atoms with E-state index in [9.17, 15) is 4.79 Å². The Labute approximate surface area is 107 Å². The van der Waals surface area contributed by atoms with E-state index in [0.717, 1.165) is 18.5 Å². The molecule has 0 saturated heterocycles. The highest BCUT2D eigenvalue weighted by Gasteiger charge is 2.31. The maximum atomic E-state index is 11.6. The quantitative estimate of drug-likeness (QED) is 0.819. The van der Waals surface area contributed by atoms with Crippen LogP contribution in [0.25, 0.3) is 0 Å². The average molecular weight is 252 g/mol. The highest BCUT2D eigenvalue weighted by atomic mass is 35.5. The Morgan fingerprint density at radius 3 is 2.88 bits per heavy atom. The number of rotatable bonds is 3. The zero-order chi connectivity index (χ0) is 12.5. The molecule has 0 aliphatic carbocycles. The zero-order valence-electron chi connectivity index (χ0n) is 10.3. The molecule has 92 valence electrons. The number of benzene rings is 1. The van der Waals surface area contributed by atoms with Gasteiger partial charge < -0.3 is 5.32 Å². The maximum absolute atomic E-state index is 11.6. The number of amides is 1. The van der Waals surface area contributed by atoms with Gasteiger partial charge in [-0.1, -0.05) is 26.0 Å². The number of carbonyl (C=O) groups excluding carboxylic acids is 1. The van der Waals surface area contributed by atoms with Gasteiger partial charge in [-0.05, 0) is 30.0 Å². The van der Waals surface area contributed by atoms with Gasteiger partial charge in [0.15, 0.2) is 0 Å². The molecule has 1 aliphatic rings. The standard InChI is InChI=1S/C14H18ClNO/c1-14(2)9-13(17)16-12-6-5-10(4-3-7-15)8-11(12)14/h5-6,8H,3-4,7,9H2,1-2H3,(H,16,17). The number of aryl methyl sites for hydroxylation is 1. The summed E-state index contributed by atoms with van der Waals surface area (Å²) in [5, 5.41) is 2.93. The van der Waals surface area contributed by atoms with E-state index in [4.69, 9.17) is 11.6 Å². The van der Waals surface area contributed by atoms with Gasteiger partial charge in [0.05, 0.1) is 0 Å². The van der Waals surface area contributed by atoms with E-state index in [1.807, 2.05) is 6.07 Å². The molecule has 0 saturated carbocycles. The topological polar surface area (TPSA) is 29.1 Å². The van der Waals surface area contributed by atoms with Crippen LogP contribution in [0.1, 0.15) is 37.8 Å². The number of hydrogen-bond donors (Lipinski definition) is 1. The number of nitrogens with one attached hydrogen (secondary N) is 1. The van der Waals surface area contributed by atoms with Crippen molar-refractivity contribution in [3.05, 3.63) is 29.3 Å². The van der Waals surface area contributed by atoms with Crippen LogP contribution in [-0.2, 0) is 16.6 Å². The van der Waals surface area contributed by atoms with Gasteiger partial charge in [0.1, 0.15) is 0 Å². The Bertz CT molecular complexity index is 440. The van der Waals surface area contributed by atoms with E-state index in [0.29, 0.717) is 12.3 Å². The molecule has 0 aromatic heterocycles. The summed E-state index contributed by atoms with van der Waals surface area (Å²) in [6.07, 6.45) is 2.55. The zero-order valence-corrected chi connectivity index (χ0v) is 11.1. The van der Waals surface area contributed by atoms with Crippen LogP contribution < -0.4 is 5.32 Å². The lowest BCUT2D eigenvalue weighted by molar-refractivity contribution is -0.117. The van der Waals surface area contributed by atoms with Gasteiger partial charge in [-0.2, -0.15) is 0 Å². The first kappa shape index (κ1) is 12.4. The van der Waals surface area contributed by atoms with E-state index in [1.54, 1.807) is 0 Å². The minimum absolute atomic E-state index is 0.0748. The average Bonchev–Trinajstić information content (AvgIpc) is 2.25. The van der Waals surface area contributed by atoms with Crippen molar-refractivity contribution in [3.8, 4) is 0 Å².